The van der Waals surface area contributed by atoms with Crippen LogP contribution in [0.2, 0.25) is 0 Å². The number of thioether (sulfide) groups is 1. The van der Waals surface area contributed by atoms with Crippen molar-refractivity contribution < 1.29 is 9.59 Å². The minimum atomic E-state index is -0.200. The molecule has 0 radical (unpaired) electrons. The fourth-order valence-corrected chi connectivity index (χ4v) is 5.84. The van der Waals surface area contributed by atoms with Gasteiger partial charge in [0.1, 0.15) is 0 Å². The number of anilines is 1. The lowest BCUT2D eigenvalue weighted by Crippen LogP contribution is -2.54. The van der Waals surface area contributed by atoms with Gasteiger partial charge < -0.3 is 15.1 Å². The third-order valence-electron chi connectivity index (χ3n) is 5.63. The van der Waals surface area contributed by atoms with Gasteiger partial charge >= 0.3 is 6.03 Å². The van der Waals surface area contributed by atoms with Gasteiger partial charge in [-0.25, -0.2) is 4.79 Å². The Morgan fingerprint density at radius 2 is 1.79 bits per heavy atom. The SMILES string of the molecule is Cc1ccc(C(=O)N2CCSC23CCN(C(=O)Nc2cccc(Br)c2)CC3)cc1. The topological polar surface area (TPSA) is 52.7 Å². The number of carbonyl (C=O) groups excluding carboxylic acids is 2. The molecule has 2 aromatic carbocycles. The summed E-state index contributed by atoms with van der Waals surface area (Å²) in [6.45, 7) is 4.08. The smallest absolute Gasteiger partial charge is 0.321 e. The molecule has 3 amide bonds. The molecular weight excluding hydrogens is 450 g/mol. The van der Waals surface area contributed by atoms with E-state index in [1.165, 1.54) is 0 Å². The van der Waals surface area contributed by atoms with Gasteiger partial charge in [-0.2, -0.15) is 0 Å². The summed E-state index contributed by atoms with van der Waals surface area (Å²) < 4.78 is 0.931. The minimum absolute atomic E-state index is 0.0858. The first-order valence-corrected chi connectivity index (χ1v) is 11.6. The van der Waals surface area contributed by atoms with Crippen molar-refractivity contribution in [2.75, 3.05) is 30.7 Å². The molecule has 2 fully saturated rings. The molecule has 7 heteroatoms. The first kappa shape index (κ1) is 20.3. The summed E-state index contributed by atoms with van der Waals surface area (Å²) in [6, 6.07) is 15.3. The maximum absolute atomic E-state index is 13.1. The largest absolute Gasteiger partial charge is 0.324 e. The number of likely N-dealkylation sites (tertiary alicyclic amines) is 1. The third-order valence-corrected chi connectivity index (χ3v) is 7.67. The molecule has 0 saturated carbocycles. The van der Waals surface area contributed by atoms with Crippen molar-refractivity contribution in [1.29, 1.82) is 0 Å². The van der Waals surface area contributed by atoms with E-state index in [1.54, 1.807) is 0 Å². The van der Waals surface area contributed by atoms with Gasteiger partial charge in [-0.3, -0.25) is 4.79 Å². The Morgan fingerprint density at radius 1 is 1.07 bits per heavy atom. The standard InChI is InChI=1S/C22H24BrN3O2S/c1-16-5-7-17(8-6-16)20(27)26-13-14-29-22(26)9-11-25(12-10-22)21(28)24-19-4-2-3-18(23)15-19/h2-8,15H,9-14H2,1H3,(H,24,28). The van der Waals surface area contributed by atoms with Crippen LogP contribution in [0.15, 0.2) is 53.0 Å². The molecule has 0 bridgehead atoms. The molecule has 0 aromatic heterocycles. The Kier molecular flexibility index (Phi) is 5.88. The van der Waals surface area contributed by atoms with Crippen LogP contribution < -0.4 is 5.32 Å². The maximum atomic E-state index is 13.1. The van der Waals surface area contributed by atoms with Crippen molar-refractivity contribution in [3.8, 4) is 0 Å². The molecule has 152 valence electrons. The number of hydrogen-bond acceptors (Lipinski definition) is 3. The van der Waals surface area contributed by atoms with Gasteiger partial charge in [-0.05, 0) is 50.1 Å². The number of benzene rings is 2. The van der Waals surface area contributed by atoms with Crippen LogP contribution in [0.1, 0.15) is 28.8 Å². The van der Waals surface area contributed by atoms with Crippen molar-refractivity contribution in [3.05, 3.63) is 64.1 Å². The number of nitrogens with zero attached hydrogens (tertiary/aromatic N) is 2. The Bertz CT molecular complexity index is 911. The Hall–Kier alpha value is -1.99. The number of halogens is 1. The second kappa shape index (κ2) is 8.40. The zero-order valence-electron chi connectivity index (χ0n) is 16.4. The van der Waals surface area contributed by atoms with Crippen molar-refractivity contribution >= 4 is 45.3 Å². The van der Waals surface area contributed by atoms with Crippen molar-refractivity contribution in [2.45, 2.75) is 24.6 Å². The zero-order valence-corrected chi connectivity index (χ0v) is 18.8. The lowest BCUT2D eigenvalue weighted by Gasteiger charge is -2.44. The average Bonchev–Trinajstić information content (AvgIpc) is 3.11. The van der Waals surface area contributed by atoms with E-state index in [2.05, 4.69) is 21.2 Å². The molecular formula is C22H24BrN3O2S. The highest BCUT2D eigenvalue weighted by Gasteiger charge is 2.47. The van der Waals surface area contributed by atoms with Crippen molar-refractivity contribution in [3.63, 3.8) is 0 Å². The van der Waals surface area contributed by atoms with Gasteiger partial charge in [0, 0.05) is 41.1 Å². The predicted molar refractivity (Wildman–Crippen MR) is 121 cm³/mol. The van der Waals surface area contributed by atoms with E-state index < -0.39 is 0 Å². The van der Waals surface area contributed by atoms with Crippen LogP contribution in [0.3, 0.4) is 0 Å². The summed E-state index contributed by atoms with van der Waals surface area (Å²) in [4.78, 5) is 29.5. The molecule has 5 nitrogen and oxygen atoms in total. The molecule has 0 unspecified atom stereocenters. The number of piperidine rings is 1. The van der Waals surface area contributed by atoms with E-state index in [9.17, 15) is 9.59 Å². The van der Waals surface area contributed by atoms with Crippen LogP contribution in [0.25, 0.3) is 0 Å². The van der Waals surface area contributed by atoms with Crippen LogP contribution in [-0.2, 0) is 0 Å². The quantitative estimate of drug-likeness (QED) is 0.669. The van der Waals surface area contributed by atoms with Gasteiger partial charge in [0.2, 0.25) is 0 Å². The lowest BCUT2D eigenvalue weighted by atomic mass is 10.0. The summed E-state index contributed by atoms with van der Waals surface area (Å²) in [5.41, 5.74) is 2.67. The van der Waals surface area contributed by atoms with Gasteiger partial charge in [0.25, 0.3) is 5.91 Å². The van der Waals surface area contributed by atoms with Crippen molar-refractivity contribution in [2.24, 2.45) is 0 Å². The maximum Gasteiger partial charge on any atom is 0.321 e. The number of nitrogens with one attached hydrogen (secondary N) is 1. The summed E-state index contributed by atoms with van der Waals surface area (Å²) in [5, 5.41) is 2.97. The van der Waals surface area contributed by atoms with Crippen LogP contribution in [0, 0.1) is 6.92 Å². The molecule has 0 aliphatic carbocycles. The number of aryl methyl sites for hydroxylation is 1. The molecule has 0 atom stereocenters. The molecule has 2 aliphatic heterocycles. The molecule has 2 saturated heterocycles. The van der Waals surface area contributed by atoms with Gasteiger partial charge in [0.15, 0.2) is 0 Å². The Morgan fingerprint density at radius 3 is 2.48 bits per heavy atom. The fraction of sp³-hybridized carbons (Fsp3) is 0.364. The van der Waals surface area contributed by atoms with E-state index in [1.807, 2.05) is 77.0 Å². The number of hydrogen-bond donors (Lipinski definition) is 1. The highest BCUT2D eigenvalue weighted by Crippen LogP contribution is 2.44. The summed E-state index contributed by atoms with van der Waals surface area (Å²) >= 11 is 5.29. The van der Waals surface area contributed by atoms with E-state index in [-0.39, 0.29) is 16.8 Å². The second-order valence-corrected chi connectivity index (χ2v) is 9.92. The molecule has 4 rings (SSSR count). The molecule has 2 aromatic rings. The Labute approximate surface area is 184 Å². The third kappa shape index (κ3) is 4.31. The molecule has 2 aliphatic rings. The molecule has 29 heavy (non-hydrogen) atoms. The minimum Gasteiger partial charge on any atom is -0.324 e. The van der Waals surface area contributed by atoms with Crippen LogP contribution >= 0.6 is 27.7 Å². The van der Waals surface area contributed by atoms with Crippen LogP contribution in [0.5, 0.6) is 0 Å². The Balaban J connectivity index is 1.41. The summed E-state index contributed by atoms with van der Waals surface area (Å²) in [5.74, 6) is 1.05. The predicted octanol–water partition coefficient (Wildman–Crippen LogP) is 4.97. The summed E-state index contributed by atoms with van der Waals surface area (Å²) in [6.07, 6.45) is 1.59. The first-order valence-electron chi connectivity index (χ1n) is 9.81. The summed E-state index contributed by atoms with van der Waals surface area (Å²) in [7, 11) is 0. The first-order chi connectivity index (χ1) is 14.0. The van der Waals surface area contributed by atoms with E-state index in [4.69, 9.17) is 0 Å². The van der Waals surface area contributed by atoms with Crippen molar-refractivity contribution in [1.82, 2.24) is 9.80 Å². The van der Waals surface area contributed by atoms with Gasteiger partial charge in [-0.15, -0.1) is 11.8 Å². The monoisotopic (exact) mass is 473 g/mol. The number of rotatable bonds is 2. The van der Waals surface area contributed by atoms with Gasteiger partial charge in [-0.1, -0.05) is 39.7 Å². The number of amides is 3. The van der Waals surface area contributed by atoms with Gasteiger partial charge in [0.05, 0.1) is 4.87 Å². The van der Waals surface area contributed by atoms with E-state index >= 15 is 0 Å². The highest BCUT2D eigenvalue weighted by molar-refractivity contribution is 9.10. The zero-order chi connectivity index (χ0) is 20.4. The lowest BCUT2D eigenvalue weighted by molar-refractivity contribution is 0.0585. The molecule has 2 heterocycles. The van der Waals surface area contributed by atoms with Crippen LogP contribution in [0.4, 0.5) is 10.5 Å². The van der Waals surface area contributed by atoms with Crippen LogP contribution in [-0.4, -0.2) is 52.0 Å². The number of urea groups is 1. The number of carbonyl (C=O) groups is 2. The highest BCUT2D eigenvalue weighted by atomic mass is 79.9. The molecule has 1 N–H and O–H groups in total. The molecule has 1 spiro atoms. The normalized spacial score (nSPS) is 18.1. The fourth-order valence-electron chi connectivity index (χ4n) is 3.99. The van der Waals surface area contributed by atoms with E-state index in [0.29, 0.717) is 13.1 Å². The second-order valence-electron chi connectivity index (χ2n) is 7.55. The average molecular weight is 474 g/mol. The van der Waals surface area contributed by atoms with E-state index in [0.717, 1.165) is 46.4 Å².